The number of cyclic esters (lactones) is 1. The van der Waals surface area contributed by atoms with Crippen LogP contribution in [0.2, 0.25) is 0 Å². The van der Waals surface area contributed by atoms with Gasteiger partial charge in [-0.25, -0.2) is 0 Å². The summed E-state index contributed by atoms with van der Waals surface area (Å²) >= 11 is 0. The fourth-order valence-corrected chi connectivity index (χ4v) is 3.65. The van der Waals surface area contributed by atoms with Crippen LogP contribution in [0.25, 0.3) is 5.57 Å². The molecule has 5 heteroatoms. The minimum atomic E-state index is -1.01. The molecule has 1 aromatic rings. The van der Waals surface area contributed by atoms with Gasteiger partial charge in [0.2, 0.25) is 0 Å². The van der Waals surface area contributed by atoms with Crippen LogP contribution in [0.4, 0.5) is 0 Å². The van der Waals surface area contributed by atoms with Gasteiger partial charge in [-0.1, -0.05) is 30.3 Å². The summed E-state index contributed by atoms with van der Waals surface area (Å²) in [6.45, 7) is 3.46. The molecule has 1 aliphatic heterocycles. The molecule has 0 radical (unpaired) electrons. The lowest BCUT2D eigenvalue weighted by atomic mass is 9.65. The van der Waals surface area contributed by atoms with Crippen LogP contribution < -0.4 is 0 Å². The first-order valence-corrected chi connectivity index (χ1v) is 7.48. The van der Waals surface area contributed by atoms with E-state index < -0.39 is 35.3 Å². The number of ketones is 1. The van der Waals surface area contributed by atoms with Gasteiger partial charge in [-0.2, -0.15) is 0 Å². The third-order valence-corrected chi connectivity index (χ3v) is 4.64. The van der Waals surface area contributed by atoms with Gasteiger partial charge in [0.15, 0.2) is 5.78 Å². The number of ether oxygens (including phenoxy) is 2. The molecule has 1 heterocycles. The van der Waals surface area contributed by atoms with E-state index in [4.69, 9.17) is 9.47 Å². The van der Waals surface area contributed by atoms with Gasteiger partial charge in [-0.15, -0.1) is 0 Å². The summed E-state index contributed by atoms with van der Waals surface area (Å²) in [7, 11) is 1.24. The standard InChI is InChI=1S/C18H18O5/c1-18(2)15-13(17(21)23-18)11(10-7-5-4-6-8-10)9-12(19)14(15)16(20)22-3/h4-9,13-15H,1-3H3. The first-order chi connectivity index (χ1) is 10.9. The fraction of sp³-hybridized carbons (Fsp3) is 0.389. The van der Waals surface area contributed by atoms with E-state index in [1.807, 2.05) is 30.3 Å². The maximum Gasteiger partial charge on any atom is 0.317 e. The highest BCUT2D eigenvalue weighted by Gasteiger charge is 2.60. The summed E-state index contributed by atoms with van der Waals surface area (Å²) < 4.78 is 10.3. The second-order valence-electron chi connectivity index (χ2n) is 6.40. The Kier molecular flexibility index (Phi) is 3.59. The molecule has 5 nitrogen and oxygen atoms in total. The Bertz CT molecular complexity index is 701. The SMILES string of the molecule is COC(=O)C1C(=O)C=C(c2ccccc2)C2C(=O)OC(C)(C)C12. The smallest absolute Gasteiger partial charge is 0.317 e. The summed E-state index contributed by atoms with van der Waals surface area (Å²) in [5.41, 5.74) is 0.482. The summed E-state index contributed by atoms with van der Waals surface area (Å²) in [4.78, 5) is 37.1. The minimum absolute atomic E-state index is 0.344. The van der Waals surface area contributed by atoms with E-state index in [0.29, 0.717) is 5.57 Å². The van der Waals surface area contributed by atoms with Crippen molar-refractivity contribution in [2.24, 2.45) is 17.8 Å². The van der Waals surface area contributed by atoms with Crippen LogP contribution in [0.1, 0.15) is 19.4 Å². The molecule has 23 heavy (non-hydrogen) atoms. The molecule has 3 atom stereocenters. The van der Waals surface area contributed by atoms with Crippen molar-refractivity contribution in [3.8, 4) is 0 Å². The number of carbonyl (C=O) groups is 3. The quantitative estimate of drug-likeness (QED) is 0.617. The monoisotopic (exact) mass is 314 g/mol. The van der Waals surface area contributed by atoms with Crippen molar-refractivity contribution in [1.82, 2.24) is 0 Å². The Morgan fingerprint density at radius 3 is 2.43 bits per heavy atom. The molecule has 0 saturated carbocycles. The van der Waals surface area contributed by atoms with E-state index in [-0.39, 0.29) is 5.78 Å². The average Bonchev–Trinajstić information content (AvgIpc) is 2.76. The van der Waals surface area contributed by atoms with Gasteiger partial charge >= 0.3 is 11.9 Å². The lowest BCUT2D eigenvalue weighted by Crippen LogP contribution is -2.46. The predicted molar refractivity (Wildman–Crippen MR) is 82.1 cm³/mol. The summed E-state index contributed by atoms with van der Waals surface area (Å²) in [5, 5.41) is 0. The van der Waals surface area contributed by atoms with Crippen LogP contribution in [0.15, 0.2) is 36.4 Å². The van der Waals surface area contributed by atoms with E-state index in [1.54, 1.807) is 13.8 Å². The van der Waals surface area contributed by atoms with Gasteiger partial charge in [-0.3, -0.25) is 14.4 Å². The van der Waals surface area contributed by atoms with Crippen molar-refractivity contribution in [2.45, 2.75) is 19.4 Å². The van der Waals surface area contributed by atoms with E-state index in [2.05, 4.69) is 0 Å². The topological polar surface area (TPSA) is 69.7 Å². The van der Waals surface area contributed by atoms with Gasteiger partial charge < -0.3 is 9.47 Å². The second kappa shape index (κ2) is 5.33. The maximum atomic E-state index is 12.6. The van der Waals surface area contributed by atoms with Crippen molar-refractivity contribution in [3.63, 3.8) is 0 Å². The largest absolute Gasteiger partial charge is 0.468 e. The van der Waals surface area contributed by atoms with Gasteiger partial charge in [0.25, 0.3) is 0 Å². The molecule has 0 amide bonds. The van der Waals surface area contributed by atoms with Gasteiger partial charge in [0, 0.05) is 5.92 Å². The number of fused-ring (bicyclic) bond motifs is 1. The van der Waals surface area contributed by atoms with Crippen molar-refractivity contribution in [3.05, 3.63) is 42.0 Å². The summed E-state index contributed by atoms with van der Waals surface area (Å²) in [6.07, 6.45) is 1.39. The van der Waals surface area contributed by atoms with Crippen LogP contribution in [-0.2, 0) is 23.9 Å². The third kappa shape index (κ3) is 2.36. The van der Waals surface area contributed by atoms with E-state index >= 15 is 0 Å². The zero-order valence-electron chi connectivity index (χ0n) is 13.2. The lowest BCUT2D eigenvalue weighted by Gasteiger charge is -2.34. The Hall–Kier alpha value is -2.43. The molecular weight excluding hydrogens is 296 g/mol. The Morgan fingerprint density at radius 1 is 1.17 bits per heavy atom. The third-order valence-electron chi connectivity index (χ3n) is 4.64. The molecule has 0 spiro atoms. The molecule has 1 fully saturated rings. The number of hydrogen-bond acceptors (Lipinski definition) is 5. The molecule has 0 aromatic heterocycles. The molecule has 120 valence electrons. The van der Waals surface area contributed by atoms with E-state index in [9.17, 15) is 14.4 Å². The molecule has 1 aliphatic carbocycles. The highest BCUT2D eigenvalue weighted by Crippen LogP contribution is 2.50. The van der Waals surface area contributed by atoms with Crippen LogP contribution in [0.3, 0.4) is 0 Å². The molecule has 0 N–H and O–H groups in total. The predicted octanol–water partition coefficient (Wildman–Crippen LogP) is 2.01. The maximum absolute atomic E-state index is 12.6. The lowest BCUT2D eigenvalue weighted by molar-refractivity contribution is -0.156. The second-order valence-corrected chi connectivity index (χ2v) is 6.40. The van der Waals surface area contributed by atoms with Crippen LogP contribution >= 0.6 is 0 Å². The normalized spacial score (nSPS) is 28.7. The van der Waals surface area contributed by atoms with E-state index in [1.165, 1.54) is 13.2 Å². The molecule has 2 aliphatic rings. The number of allylic oxidation sites excluding steroid dienone is 1. The van der Waals surface area contributed by atoms with Crippen molar-refractivity contribution < 1.29 is 23.9 Å². The number of benzene rings is 1. The number of carbonyl (C=O) groups excluding carboxylic acids is 3. The molecule has 3 rings (SSSR count). The zero-order chi connectivity index (χ0) is 16.8. The van der Waals surface area contributed by atoms with Gasteiger partial charge in [0.05, 0.1) is 13.0 Å². The average molecular weight is 314 g/mol. The van der Waals surface area contributed by atoms with Crippen LogP contribution in [-0.4, -0.2) is 30.4 Å². The molecule has 0 bridgehead atoms. The number of methoxy groups -OCH3 is 1. The first kappa shape index (κ1) is 15.5. The van der Waals surface area contributed by atoms with Crippen LogP contribution in [0, 0.1) is 17.8 Å². The number of rotatable bonds is 2. The first-order valence-electron chi connectivity index (χ1n) is 7.48. The van der Waals surface area contributed by atoms with Crippen molar-refractivity contribution >= 4 is 23.3 Å². The fourth-order valence-electron chi connectivity index (χ4n) is 3.65. The Morgan fingerprint density at radius 2 is 1.83 bits per heavy atom. The van der Waals surface area contributed by atoms with Crippen molar-refractivity contribution in [2.75, 3.05) is 7.11 Å². The summed E-state index contributed by atoms with van der Waals surface area (Å²) in [5.74, 6) is -3.61. The Balaban J connectivity index is 2.16. The van der Waals surface area contributed by atoms with E-state index in [0.717, 1.165) is 5.56 Å². The van der Waals surface area contributed by atoms with Crippen molar-refractivity contribution in [1.29, 1.82) is 0 Å². The van der Waals surface area contributed by atoms with Crippen LogP contribution in [0.5, 0.6) is 0 Å². The van der Waals surface area contributed by atoms with Gasteiger partial charge in [-0.05, 0) is 31.1 Å². The number of hydrogen-bond donors (Lipinski definition) is 0. The highest BCUT2D eigenvalue weighted by molar-refractivity contribution is 6.13. The zero-order valence-corrected chi connectivity index (χ0v) is 13.2. The molecule has 1 aromatic carbocycles. The highest BCUT2D eigenvalue weighted by atomic mass is 16.6. The van der Waals surface area contributed by atoms with Gasteiger partial charge in [0.1, 0.15) is 11.5 Å². The molecule has 3 unspecified atom stereocenters. The Labute approximate surface area is 134 Å². The number of esters is 2. The summed E-state index contributed by atoms with van der Waals surface area (Å²) in [6, 6.07) is 9.22. The minimum Gasteiger partial charge on any atom is -0.468 e. The molecule has 1 saturated heterocycles. The molecular formula is C18H18O5.